The van der Waals surface area contributed by atoms with Crippen molar-refractivity contribution in [2.75, 3.05) is 13.6 Å². The maximum atomic E-state index is 11.7. The average molecular weight is 233 g/mol. The number of nitrogens with one attached hydrogen (secondary N) is 1. The van der Waals surface area contributed by atoms with Crippen molar-refractivity contribution in [2.45, 2.75) is 33.2 Å². The highest BCUT2D eigenvalue weighted by atomic mass is 32.2. The van der Waals surface area contributed by atoms with Crippen molar-refractivity contribution in [3.05, 3.63) is 0 Å². The fourth-order valence-corrected chi connectivity index (χ4v) is 2.34. The second kappa shape index (κ2) is 4.92. The first-order chi connectivity index (χ1) is 6.58. The van der Waals surface area contributed by atoms with Crippen LogP contribution in [0.5, 0.6) is 0 Å². The molecule has 0 fully saturated rings. The van der Waals surface area contributed by atoms with Gasteiger partial charge >= 0.3 is 0 Å². The van der Waals surface area contributed by atoms with Gasteiger partial charge in [0.15, 0.2) is 0 Å². The molecule has 0 saturated carbocycles. The predicted molar refractivity (Wildman–Crippen MR) is 59.2 cm³/mol. The van der Waals surface area contributed by atoms with E-state index >= 15 is 0 Å². The summed E-state index contributed by atoms with van der Waals surface area (Å²) >= 11 is 0. The van der Waals surface area contributed by atoms with E-state index in [4.69, 9.17) is 5.26 Å². The Bertz CT molecular complexity index is 337. The quantitative estimate of drug-likeness (QED) is 0.777. The van der Waals surface area contributed by atoms with Gasteiger partial charge in [-0.1, -0.05) is 0 Å². The molecule has 88 valence electrons. The van der Waals surface area contributed by atoms with Gasteiger partial charge in [-0.05, 0) is 27.7 Å². The minimum absolute atomic E-state index is 0.196. The Morgan fingerprint density at radius 1 is 1.47 bits per heavy atom. The van der Waals surface area contributed by atoms with Crippen LogP contribution in [0.3, 0.4) is 0 Å². The van der Waals surface area contributed by atoms with E-state index in [1.54, 1.807) is 27.7 Å². The minimum atomic E-state index is -3.49. The third-order valence-electron chi connectivity index (χ3n) is 1.60. The van der Waals surface area contributed by atoms with Gasteiger partial charge in [0.05, 0.1) is 12.0 Å². The maximum Gasteiger partial charge on any atom is 0.279 e. The summed E-state index contributed by atoms with van der Waals surface area (Å²) in [7, 11) is -2.03. The summed E-state index contributed by atoms with van der Waals surface area (Å²) in [6.45, 7) is 7.19. The number of nitriles is 1. The summed E-state index contributed by atoms with van der Waals surface area (Å²) in [6, 6.07) is 2.00. The maximum absolute atomic E-state index is 11.7. The molecule has 0 aromatic heterocycles. The van der Waals surface area contributed by atoms with Crippen LogP contribution < -0.4 is 4.72 Å². The predicted octanol–water partition coefficient (Wildman–Crippen LogP) is 0.711. The molecular formula is C9H19N3O2S. The van der Waals surface area contributed by atoms with Crippen molar-refractivity contribution >= 4 is 10.2 Å². The summed E-state index contributed by atoms with van der Waals surface area (Å²) in [5.74, 6) is -0.313. The molecule has 5 nitrogen and oxygen atoms in total. The molecule has 1 unspecified atom stereocenters. The molecule has 0 saturated heterocycles. The molecule has 15 heavy (non-hydrogen) atoms. The summed E-state index contributed by atoms with van der Waals surface area (Å²) < 4.78 is 27.1. The standard InChI is InChI=1S/C9H19N3O2S/c1-8(6-10)7-12(5)15(13,14)11-9(2,3)4/h8,11H,7H2,1-5H3. The molecule has 0 aliphatic heterocycles. The molecule has 0 radical (unpaired) electrons. The lowest BCUT2D eigenvalue weighted by atomic mass is 10.1. The second-order valence-electron chi connectivity index (χ2n) is 4.67. The average Bonchev–Trinajstić information content (AvgIpc) is 1.99. The number of hydrogen-bond donors (Lipinski definition) is 1. The van der Waals surface area contributed by atoms with Crippen molar-refractivity contribution in [3.8, 4) is 6.07 Å². The van der Waals surface area contributed by atoms with E-state index in [0.717, 1.165) is 4.31 Å². The van der Waals surface area contributed by atoms with Crippen molar-refractivity contribution in [3.63, 3.8) is 0 Å². The van der Waals surface area contributed by atoms with Gasteiger partial charge in [0.1, 0.15) is 0 Å². The third kappa shape index (κ3) is 5.72. The molecular weight excluding hydrogens is 214 g/mol. The first-order valence-electron chi connectivity index (χ1n) is 4.73. The van der Waals surface area contributed by atoms with E-state index in [-0.39, 0.29) is 12.5 Å². The Kier molecular flexibility index (Phi) is 4.71. The lowest BCUT2D eigenvalue weighted by Gasteiger charge is -2.25. The highest BCUT2D eigenvalue weighted by molar-refractivity contribution is 7.87. The van der Waals surface area contributed by atoms with Gasteiger partial charge in [0.2, 0.25) is 0 Å². The SMILES string of the molecule is CC(C#N)CN(C)S(=O)(=O)NC(C)(C)C. The van der Waals surface area contributed by atoms with Crippen LogP contribution >= 0.6 is 0 Å². The molecule has 0 aliphatic carbocycles. The Labute approximate surface area is 92.3 Å². The normalized spacial score (nSPS) is 15.0. The summed E-state index contributed by atoms with van der Waals surface area (Å²) in [6.07, 6.45) is 0. The molecule has 0 amide bonds. The highest BCUT2D eigenvalue weighted by Crippen LogP contribution is 2.06. The van der Waals surface area contributed by atoms with Crippen molar-refractivity contribution < 1.29 is 8.42 Å². The zero-order chi connectivity index (χ0) is 12.3. The third-order valence-corrected chi connectivity index (χ3v) is 3.44. The largest absolute Gasteiger partial charge is 0.279 e. The van der Waals surface area contributed by atoms with Crippen molar-refractivity contribution in [2.24, 2.45) is 5.92 Å². The van der Waals surface area contributed by atoms with Crippen LogP contribution in [0.25, 0.3) is 0 Å². The van der Waals surface area contributed by atoms with Gasteiger partial charge in [-0.3, -0.25) is 0 Å². The first kappa shape index (κ1) is 14.4. The van der Waals surface area contributed by atoms with Crippen LogP contribution in [0.15, 0.2) is 0 Å². The molecule has 0 heterocycles. The van der Waals surface area contributed by atoms with E-state index in [1.807, 2.05) is 6.07 Å². The number of rotatable bonds is 4. The van der Waals surface area contributed by atoms with Crippen LogP contribution in [0.4, 0.5) is 0 Å². The van der Waals surface area contributed by atoms with E-state index in [0.29, 0.717) is 0 Å². The van der Waals surface area contributed by atoms with Crippen LogP contribution in [0, 0.1) is 17.2 Å². The monoisotopic (exact) mass is 233 g/mol. The van der Waals surface area contributed by atoms with E-state index in [1.165, 1.54) is 7.05 Å². The van der Waals surface area contributed by atoms with Crippen molar-refractivity contribution in [1.29, 1.82) is 5.26 Å². The summed E-state index contributed by atoms with van der Waals surface area (Å²) in [5, 5.41) is 8.59. The molecule has 0 bridgehead atoms. The number of hydrogen-bond acceptors (Lipinski definition) is 3. The van der Waals surface area contributed by atoms with Gasteiger partial charge in [-0.15, -0.1) is 0 Å². The Balaban J connectivity index is 4.56. The van der Waals surface area contributed by atoms with Crippen LogP contribution in [0.1, 0.15) is 27.7 Å². The Morgan fingerprint density at radius 2 is 1.93 bits per heavy atom. The first-order valence-corrected chi connectivity index (χ1v) is 6.17. The van der Waals surface area contributed by atoms with Crippen LogP contribution in [0.2, 0.25) is 0 Å². The molecule has 0 rings (SSSR count). The lowest BCUT2D eigenvalue weighted by Crippen LogP contribution is -2.48. The highest BCUT2D eigenvalue weighted by Gasteiger charge is 2.24. The molecule has 1 N–H and O–H groups in total. The molecule has 0 aromatic carbocycles. The van der Waals surface area contributed by atoms with Gasteiger partial charge in [0, 0.05) is 19.1 Å². The van der Waals surface area contributed by atoms with Crippen LogP contribution in [-0.4, -0.2) is 31.9 Å². The van der Waals surface area contributed by atoms with Gasteiger partial charge in [0.25, 0.3) is 10.2 Å². The fraction of sp³-hybridized carbons (Fsp3) is 0.889. The molecule has 0 spiro atoms. The Hall–Kier alpha value is -0.640. The van der Waals surface area contributed by atoms with Gasteiger partial charge in [-0.25, -0.2) is 0 Å². The minimum Gasteiger partial charge on any atom is -0.198 e. The van der Waals surface area contributed by atoms with Crippen LogP contribution in [-0.2, 0) is 10.2 Å². The topological polar surface area (TPSA) is 73.2 Å². The van der Waals surface area contributed by atoms with Gasteiger partial charge in [-0.2, -0.15) is 22.7 Å². The second-order valence-corrected chi connectivity index (χ2v) is 6.45. The van der Waals surface area contributed by atoms with Crippen molar-refractivity contribution in [1.82, 2.24) is 9.03 Å². The van der Waals surface area contributed by atoms with E-state index in [9.17, 15) is 8.42 Å². The lowest BCUT2D eigenvalue weighted by molar-refractivity contribution is 0.406. The molecule has 6 heteroatoms. The zero-order valence-corrected chi connectivity index (χ0v) is 10.7. The molecule has 0 aliphatic rings. The zero-order valence-electron chi connectivity index (χ0n) is 9.90. The molecule has 0 aromatic rings. The number of nitrogens with zero attached hydrogens (tertiary/aromatic N) is 2. The van der Waals surface area contributed by atoms with E-state index in [2.05, 4.69) is 4.72 Å². The fourth-order valence-electron chi connectivity index (χ4n) is 0.989. The molecule has 1 atom stereocenters. The summed E-state index contributed by atoms with van der Waals surface area (Å²) in [4.78, 5) is 0. The van der Waals surface area contributed by atoms with Gasteiger partial charge < -0.3 is 0 Å². The van der Waals surface area contributed by atoms with E-state index < -0.39 is 15.7 Å². The smallest absolute Gasteiger partial charge is 0.198 e. The Morgan fingerprint density at radius 3 is 2.27 bits per heavy atom. The summed E-state index contributed by atoms with van der Waals surface area (Å²) in [5.41, 5.74) is -0.511.